The van der Waals surface area contributed by atoms with E-state index in [0.29, 0.717) is 23.5 Å². The van der Waals surface area contributed by atoms with E-state index in [9.17, 15) is 4.79 Å². The summed E-state index contributed by atoms with van der Waals surface area (Å²) < 4.78 is 5.09. The summed E-state index contributed by atoms with van der Waals surface area (Å²) in [6.45, 7) is 12.2. The number of carbonyl (C=O) groups excluding carboxylic acids is 1. The van der Waals surface area contributed by atoms with Crippen molar-refractivity contribution in [1.29, 1.82) is 0 Å². The maximum Gasteiger partial charge on any atom is 0.409 e. The predicted molar refractivity (Wildman–Crippen MR) is 76.1 cm³/mol. The Morgan fingerprint density at radius 2 is 1.89 bits per heavy atom. The van der Waals surface area contributed by atoms with Gasteiger partial charge < -0.3 is 14.5 Å². The molecule has 4 nitrogen and oxygen atoms in total. The summed E-state index contributed by atoms with van der Waals surface area (Å²) in [5.41, 5.74) is 0.717. The number of likely N-dealkylation sites (tertiary alicyclic amines) is 2. The van der Waals surface area contributed by atoms with Gasteiger partial charge in [0.15, 0.2) is 0 Å². The molecule has 0 aromatic heterocycles. The normalized spacial score (nSPS) is 27.2. The lowest BCUT2D eigenvalue weighted by molar-refractivity contribution is -0.137. The Balaban J connectivity index is 1.98. The van der Waals surface area contributed by atoms with Gasteiger partial charge in [0.25, 0.3) is 0 Å². The van der Waals surface area contributed by atoms with E-state index in [1.165, 1.54) is 6.54 Å². The minimum absolute atomic E-state index is 0.141. The Morgan fingerprint density at radius 3 is 2.32 bits per heavy atom. The molecule has 1 atom stereocenters. The van der Waals surface area contributed by atoms with Crippen molar-refractivity contribution in [3.05, 3.63) is 0 Å². The van der Waals surface area contributed by atoms with Crippen molar-refractivity contribution in [2.75, 3.05) is 33.3 Å². The first-order valence-corrected chi connectivity index (χ1v) is 7.42. The fourth-order valence-corrected chi connectivity index (χ4v) is 4.39. The Kier molecular flexibility index (Phi) is 3.83. The van der Waals surface area contributed by atoms with Crippen molar-refractivity contribution >= 4 is 6.09 Å². The first-order chi connectivity index (χ1) is 8.80. The maximum atomic E-state index is 11.8. The van der Waals surface area contributed by atoms with E-state index in [1.807, 2.05) is 11.8 Å². The molecule has 110 valence electrons. The second kappa shape index (κ2) is 4.97. The van der Waals surface area contributed by atoms with Gasteiger partial charge in [-0.15, -0.1) is 0 Å². The van der Waals surface area contributed by atoms with E-state index in [2.05, 4.69) is 32.7 Å². The fourth-order valence-electron chi connectivity index (χ4n) is 4.39. The summed E-state index contributed by atoms with van der Waals surface area (Å²) in [6, 6.07) is 0.629. The summed E-state index contributed by atoms with van der Waals surface area (Å²) in [4.78, 5) is 16.1. The van der Waals surface area contributed by atoms with E-state index < -0.39 is 0 Å². The number of carbonyl (C=O) groups is 1. The third-order valence-corrected chi connectivity index (χ3v) is 4.69. The standard InChI is InChI=1S/C15H28N2O2/c1-6-19-13(18)17-9-7-15(8-10-17)11-16(5)12(15)14(2,3)4/h12H,6-11H2,1-5H3. The topological polar surface area (TPSA) is 32.8 Å². The van der Waals surface area contributed by atoms with Crippen LogP contribution in [0, 0.1) is 10.8 Å². The number of nitrogens with zero attached hydrogens (tertiary/aromatic N) is 2. The Hall–Kier alpha value is -0.770. The highest BCUT2D eigenvalue weighted by Gasteiger charge is 2.56. The third kappa shape index (κ3) is 2.60. The molecule has 0 aromatic carbocycles. The van der Waals surface area contributed by atoms with E-state index >= 15 is 0 Å². The summed E-state index contributed by atoms with van der Waals surface area (Å²) in [5, 5.41) is 0. The SMILES string of the molecule is CCOC(=O)N1CCC2(CC1)CN(C)C2C(C)(C)C. The van der Waals surface area contributed by atoms with Gasteiger partial charge in [0, 0.05) is 31.1 Å². The average Bonchev–Trinajstić information content (AvgIpc) is 2.27. The third-order valence-electron chi connectivity index (χ3n) is 4.69. The van der Waals surface area contributed by atoms with Gasteiger partial charge in [-0.25, -0.2) is 4.79 Å². The van der Waals surface area contributed by atoms with E-state index in [1.54, 1.807) is 0 Å². The lowest BCUT2D eigenvalue weighted by Gasteiger charge is -2.63. The first kappa shape index (κ1) is 14.6. The summed E-state index contributed by atoms with van der Waals surface area (Å²) in [5.74, 6) is 0. The molecule has 2 aliphatic heterocycles. The highest BCUT2D eigenvalue weighted by atomic mass is 16.6. The molecular formula is C15H28N2O2. The van der Waals surface area contributed by atoms with Crippen LogP contribution in [0.2, 0.25) is 0 Å². The quantitative estimate of drug-likeness (QED) is 0.733. The van der Waals surface area contributed by atoms with Crippen LogP contribution in [0.5, 0.6) is 0 Å². The zero-order valence-corrected chi connectivity index (χ0v) is 13.0. The van der Waals surface area contributed by atoms with Crippen LogP contribution in [-0.4, -0.2) is 55.2 Å². The molecule has 2 saturated heterocycles. The Labute approximate surface area is 117 Å². The van der Waals surface area contributed by atoms with Crippen LogP contribution in [0.1, 0.15) is 40.5 Å². The molecule has 0 bridgehead atoms. The molecule has 2 fully saturated rings. The van der Waals surface area contributed by atoms with Crippen molar-refractivity contribution in [3.8, 4) is 0 Å². The highest BCUT2D eigenvalue weighted by molar-refractivity contribution is 5.67. The number of amides is 1. The summed E-state index contributed by atoms with van der Waals surface area (Å²) in [6.07, 6.45) is 2.08. The van der Waals surface area contributed by atoms with Gasteiger partial charge in [-0.2, -0.15) is 0 Å². The number of rotatable bonds is 1. The van der Waals surface area contributed by atoms with Crippen molar-refractivity contribution in [1.82, 2.24) is 9.80 Å². The maximum absolute atomic E-state index is 11.8. The van der Waals surface area contributed by atoms with Gasteiger partial charge in [-0.1, -0.05) is 20.8 Å². The molecule has 1 unspecified atom stereocenters. The monoisotopic (exact) mass is 268 g/mol. The van der Waals surface area contributed by atoms with Crippen molar-refractivity contribution < 1.29 is 9.53 Å². The molecule has 0 radical (unpaired) electrons. The van der Waals surface area contributed by atoms with Gasteiger partial charge in [0.05, 0.1) is 6.61 Å². The average molecular weight is 268 g/mol. The van der Waals surface area contributed by atoms with Gasteiger partial charge in [-0.3, -0.25) is 0 Å². The van der Waals surface area contributed by atoms with Crippen LogP contribution in [0.15, 0.2) is 0 Å². The minimum atomic E-state index is -0.141. The van der Waals surface area contributed by atoms with Gasteiger partial charge in [0.2, 0.25) is 0 Å². The largest absolute Gasteiger partial charge is 0.450 e. The fraction of sp³-hybridized carbons (Fsp3) is 0.933. The van der Waals surface area contributed by atoms with Crippen molar-refractivity contribution in [2.24, 2.45) is 10.8 Å². The molecule has 19 heavy (non-hydrogen) atoms. The summed E-state index contributed by atoms with van der Waals surface area (Å²) >= 11 is 0. The van der Waals surface area contributed by atoms with Crippen LogP contribution < -0.4 is 0 Å². The number of hydrogen-bond acceptors (Lipinski definition) is 3. The Bertz CT molecular complexity index is 341. The van der Waals surface area contributed by atoms with Gasteiger partial charge >= 0.3 is 6.09 Å². The second-order valence-electron chi connectivity index (χ2n) is 7.23. The van der Waals surface area contributed by atoms with Gasteiger partial charge in [-0.05, 0) is 32.2 Å². The first-order valence-electron chi connectivity index (χ1n) is 7.42. The molecule has 0 aliphatic carbocycles. The second-order valence-corrected chi connectivity index (χ2v) is 7.23. The zero-order valence-electron chi connectivity index (χ0n) is 13.0. The lowest BCUT2D eigenvalue weighted by Crippen LogP contribution is -2.70. The lowest BCUT2D eigenvalue weighted by atomic mass is 9.58. The van der Waals surface area contributed by atoms with Gasteiger partial charge in [0.1, 0.15) is 0 Å². The van der Waals surface area contributed by atoms with E-state index in [-0.39, 0.29) is 6.09 Å². The molecule has 0 saturated carbocycles. The predicted octanol–water partition coefficient (Wildman–Crippen LogP) is 2.59. The molecule has 2 aliphatic rings. The van der Waals surface area contributed by atoms with Crippen LogP contribution in [0.4, 0.5) is 4.79 Å². The molecule has 0 N–H and O–H groups in total. The molecule has 2 rings (SSSR count). The number of piperidine rings is 1. The van der Waals surface area contributed by atoms with Crippen LogP contribution in [-0.2, 0) is 4.74 Å². The highest BCUT2D eigenvalue weighted by Crippen LogP contribution is 2.51. The van der Waals surface area contributed by atoms with Crippen molar-refractivity contribution in [3.63, 3.8) is 0 Å². The van der Waals surface area contributed by atoms with Crippen LogP contribution >= 0.6 is 0 Å². The molecular weight excluding hydrogens is 240 g/mol. The number of ether oxygens (including phenoxy) is 1. The molecule has 4 heteroatoms. The molecule has 0 aromatic rings. The Morgan fingerprint density at radius 1 is 1.32 bits per heavy atom. The molecule has 1 spiro atoms. The van der Waals surface area contributed by atoms with Crippen LogP contribution in [0.25, 0.3) is 0 Å². The van der Waals surface area contributed by atoms with Crippen molar-refractivity contribution in [2.45, 2.75) is 46.6 Å². The minimum Gasteiger partial charge on any atom is -0.450 e. The number of hydrogen-bond donors (Lipinski definition) is 0. The molecule has 2 heterocycles. The zero-order chi connectivity index (χ0) is 14.3. The molecule has 1 amide bonds. The van der Waals surface area contributed by atoms with Crippen LogP contribution in [0.3, 0.4) is 0 Å². The van der Waals surface area contributed by atoms with E-state index in [4.69, 9.17) is 4.74 Å². The smallest absolute Gasteiger partial charge is 0.409 e. The van der Waals surface area contributed by atoms with E-state index in [0.717, 1.165) is 25.9 Å². The summed E-state index contributed by atoms with van der Waals surface area (Å²) in [7, 11) is 2.22.